The summed E-state index contributed by atoms with van der Waals surface area (Å²) in [5.41, 5.74) is 2.05. The quantitative estimate of drug-likeness (QED) is 0.506. The highest BCUT2D eigenvalue weighted by Crippen LogP contribution is 2.30. The number of hydrogen-bond donors (Lipinski definition) is 1. The molecule has 176 valence electrons. The van der Waals surface area contributed by atoms with E-state index >= 15 is 0 Å². The lowest BCUT2D eigenvalue weighted by Gasteiger charge is -2.30. The predicted octanol–water partition coefficient (Wildman–Crippen LogP) is 4.54. The van der Waals surface area contributed by atoms with Crippen LogP contribution in [0.3, 0.4) is 0 Å². The Morgan fingerprint density at radius 1 is 1.15 bits per heavy atom. The molecule has 1 atom stereocenters. The molecule has 2 aliphatic heterocycles. The first-order valence-corrected chi connectivity index (χ1v) is 12.7. The van der Waals surface area contributed by atoms with E-state index < -0.39 is 0 Å². The second-order valence-corrected chi connectivity index (χ2v) is 10.1. The first-order valence-electron chi connectivity index (χ1n) is 11.8. The predicted molar refractivity (Wildman–Crippen MR) is 133 cm³/mol. The Kier molecular flexibility index (Phi) is 6.43. The number of thiazole rings is 1. The largest absolute Gasteiger partial charge is 0.302 e. The average Bonchev–Trinajstić information content (AvgIpc) is 3.26. The van der Waals surface area contributed by atoms with E-state index in [1.165, 1.54) is 29.1 Å². The summed E-state index contributed by atoms with van der Waals surface area (Å²) in [5.74, 6) is -0.0452. The zero-order chi connectivity index (χ0) is 23.7. The van der Waals surface area contributed by atoms with Gasteiger partial charge in [0.05, 0.1) is 5.69 Å². The molecule has 1 aromatic heterocycles. The normalized spacial score (nSPS) is 18.5. The van der Waals surface area contributed by atoms with E-state index in [2.05, 4.69) is 22.1 Å². The fourth-order valence-electron chi connectivity index (χ4n) is 4.96. The Balaban J connectivity index is 1.15. The van der Waals surface area contributed by atoms with Crippen LogP contribution in [0.5, 0.6) is 0 Å². The maximum atomic E-state index is 13.0. The third-order valence-electron chi connectivity index (χ3n) is 6.57. The summed E-state index contributed by atoms with van der Waals surface area (Å²) in [6.45, 7) is 5.47. The van der Waals surface area contributed by atoms with Crippen molar-refractivity contribution in [1.82, 2.24) is 14.8 Å². The Bertz CT molecular complexity index is 1200. The molecule has 0 spiro atoms. The highest BCUT2D eigenvalue weighted by atomic mass is 32.1. The summed E-state index contributed by atoms with van der Waals surface area (Å²) in [6, 6.07) is 11.0. The molecule has 1 saturated heterocycles. The van der Waals surface area contributed by atoms with Crippen molar-refractivity contribution in [1.29, 1.82) is 0 Å². The van der Waals surface area contributed by atoms with Crippen molar-refractivity contribution in [2.75, 3.05) is 25.0 Å². The molecule has 34 heavy (non-hydrogen) atoms. The average molecular weight is 477 g/mol. The van der Waals surface area contributed by atoms with Gasteiger partial charge in [0.25, 0.3) is 11.8 Å². The Morgan fingerprint density at radius 3 is 2.59 bits per heavy atom. The van der Waals surface area contributed by atoms with Gasteiger partial charge >= 0.3 is 0 Å². The van der Waals surface area contributed by atoms with Crippen molar-refractivity contribution in [3.63, 3.8) is 0 Å². The van der Waals surface area contributed by atoms with E-state index in [4.69, 9.17) is 0 Å². The topological polar surface area (TPSA) is 82.6 Å². The molecule has 0 radical (unpaired) electrons. The third-order valence-corrected chi connectivity index (χ3v) is 7.37. The van der Waals surface area contributed by atoms with E-state index in [0.29, 0.717) is 34.0 Å². The summed E-state index contributed by atoms with van der Waals surface area (Å²) in [6.07, 6.45) is 3.11. The molecular formula is C26H28N4O3S. The number of benzene rings is 2. The number of carbonyl (C=O) groups is 3. The van der Waals surface area contributed by atoms with E-state index in [9.17, 15) is 14.4 Å². The Hall–Kier alpha value is -3.10. The van der Waals surface area contributed by atoms with Gasteiger partial charge in [0.2, 0.25) is 5.91 Å². The highest BCUT2D eigenvalue weighted by molar-refractivity contribution is 7.13. The summed E-state index contributed by atoms with van der Waals surface area (Å²) < 4.78 is 0. The van der Waals surface area contributed by atoms with Gasteiger partial charge in [-0.25, -0.2) is 4.98 Å². The number of hydrogen-bond acceptors (Lipinski definition) is 6. The molecule has 1 fully saturated rings. The second kappa shape index (κ2) is 9.64. The first-order chi connectivity index (χ1) is 16.5. The lowest BCUT2D eigenvalue weighted by atomic mass is 9.94. The number of imide groups is 1. The summed E-state index contributed by atoms with van der Waals surface area (Å²) in [4.78, 5) is 46.6. The maximum Gasteiger partial charge on any atom is 0.261 e. The van der Waals surface area contributed by atoms with Crippen LogP contribution in [0.1, 0.15) is 59.0 Å². The fourth-order valence-corrected chi connectivity index (χ4v) is 5.68. The minimum absolute atomic E-state index is 0.160. The number of nitrogens with one attached hydrogen (secondary N) is 1. The zero-order valence-electron chi connectivity index (χ0n) is 19.3. The Morgan fingerprint density at radius 2 is 1.88 bits per heavy atom. The number of carbonyl (C=O) groups excluding carboxylic acids is 3. The number of piperidine rings is 1. The van der Waals surface area contributed by atoms with Gasteiger partial charge in [-0.15, -0.1) is 11.3 Å². The van der Waals surface area contributed by atoms with Gasteiger partial charge in [-0.1, -0.05) is 31.2 Å². The number of aromatic nitrogens is 1. The molecule has 3 aromatic rings. The fraction of sp³-hybridized carbons (Fsp3) is 0.385. The summed E-state index contributed by atoms with van der Waals surface area (Å²) in [5, 5.41) is 7.05. The molecule has 0 aliphatic carbocycles. The van der Waals surface area contributed by atoms with Crippen LogP contribution >= 0.6 is 11.3 Å². The third kappa shape index (κ3) is 4.60. The standard InChI is InChI=1S/C26H28N4O3S/c1-17-6-4-12-29(14-17)15-19-16-34-26(27-19)28-22(31)11-5-13-30-24(32)20-9-2-7-18-8-3-10-21(23(18)20)25(30)33/h2-3,7-10,16-17H,4-6,11-15H2,1H3,(H,27,28,31). The number of amides is 3. The van der Waals surface area contributed by atoms with Gasteiger partial charge in [-0.05, 0) is 49.2 Å². The van der Waals surface area contributed by atoms with Crippen molar-refractivity contribution in [2.45, 2.75) is 39.2 Å². The second-order valence-electron chi connectivity index (χ2n) is 9.25. The van der Waals surface area contributed by atoms with E-state index in [1.54, 1.807) is 12.1 Å². The van der Waals surface area contributed by atoms with Crippen LogP contribution in [0, 0.1) is 5.92 Å². The van der Waals surface area contributed by atoms with Crippen LogP contribution in [-0.2, 0) is 11.3 Å². The lowest BCUT2D eigenvalue weighted by Crippen LogP contribution is -2.41. The molecule has 1 N–H and O–H groups in total. The van der Waals surface area contributed by atoms with Crippen LogP contribution in [0.4, 0.5) is 5.13 Å². The van der Waals surface area contributed by atoms with Gasteiger partial charge in [0.15, 0.2) is 5.13 Å². The van der Waals surface area contributed by atoms with Crippen molar-refractivity contribution in [2.24, 2.45) is 5.92 Å². The van der Waals surface area contributed by atoms with E-state index in [-0.39, 0.29) is 30.7 Å². The zero-order valence-corrected chi connectivity index (χ0v) is 20.1. The van der Waals surface area contributed by atoms with Gasteiger partial charge in [-0.3, -0.25) is 24.2 Å². The molecule has 2 aromatic carbocycles. The number of likely N-dealkylation sites (tertiary alicyclic amines) is 1. The number of rotatable bonds is 7. The lowest BCUT2D eigenvalue weighted by molar-refractivity contribution is -0.116. The minimum Gasteiger partial charge on any atom is -0.302 e. The van der Waals surface area contributed by atoms with Gasteiger partial charge in [0.1, 0.15) is 0 Å². The van der Waals surface area contributed by atoms with Gasteiger partial charge in [-0.2, -0.15) is 0 Å². The van der Waals surface area contributed by atoms with Crippen molar-refractivity contribution < 1.29 is 14.4 Å². The highest BCUT2D eigenvalue weighted by Gasteiger charge is 2.32. The van der Waals surface area contributed by atoms with Crippen LogP contribution in [0.2, 0.25) is 0 Å². The van der Waals surface area contributed by atoms with Crippen LogP contribution in [0.15, 0.2) is 41.8 Å². The molecule has 0 bridgehead atoms. The smallest absolute Gasteiger partial charge is 0.261 e. The summed E-state index contributed by atoms with van der Waals surface area (Å²) in [7, 11) is 0. The molecule has 7 nitrogen and oxygen atoms in total. The molecule has 1 unspecified atom stereocenters. The molecule has 3 amide bonds. The van der Waals surface area contributed by atoms with Crippen LogP contribution < -0.4 is 5.32 Å². The molecular weight excluding hydrogens is 448 g/mol. The minimum atomic E-state index is -0.300. The van der Waals surface area contributed by atoms with Crippen molar-refractivity contribution in [3.05, 3.63) is 58.6 Å². The molecule has 0 saturated carbocycles. The molecule has 5 rings (SSSR count). The molecule has 8 heteroatoms. The van der Waals surface area contributed by atoms with Gasteiger partial charge < -0.3 is 5.32 Å². The monoisotopic (exact) mass is 476 g/mol. The van der Waals surface area contributed by atoms with E-state index in [1.807, 2.05) is 29.6 Å². The SMILES string of the molecule is CC1CCCN(Cc2csc(NC(=O)CCCN3C(=O)c4cccc5cccc(c45)C3=O)n2)C1. The first kappa shape index (κ1) is 22.7. The van der Waals surface area contributed by atoms with Gasteiger partial charge in [0, 0.05) is 47.9 Å². The molecule has 3 heterocycles. The van der Waals surface area contributed by atoms with Crippen molar-refractivity contribution in [3.8, 4) is 0 Å². The maximum absolute atomic E-state index is 13.0. The van der Waals surface area contributed by atoms with Crippen molar-refractivity contribution >= 4 is 45.0 Å². The number of anilines is 1. The number of nitrogens with zero attached hydrogens (tertiary/aromatic N) is 3. The van der Waals surface area contributed by atoms with Crippen LogP contribution in [-0.4, -0.2) is 52.1 Å². The Labute approximate surface area is 202 Å². The van der Waals surface area contributed by atoms with E-state index in [0.717, 1.165) is 30.7 Å². The van der Waals surface area contributed by atoms with Crippen LogP contribution in [0.25, 0.3) is 10.8 Å². The molecule has 2 aliphatic rings. The summed E-state index contributed by atoms with van der Waals surface area (Å²) >= 11 is 1.43.